The van der Waals surface area contributed by atoms with Gasteiger partial charge in [-0.2, -0.15) is 5.26 Å². The van der Waals surface area contributed by atoms with E-state index < -0.39 is 23.7 Å². The first kappa shape index (κ1) is 18.8. The van der Waals surface area contributed by atoms with Crippen LogP contribution in [0.15, 0.2) is 40.1 Å². The predicted molar refractivity (Wildman–Crippen MR) is 102 cm³/mol. The van der Waals surface area contributed by atoms with Gasteiger partial charge >= 0.3 is 5.69 Å². The third-order valence-electron chi connectivity index (χ3n) is 5.02. The van der Waals surface area contributed by atoms with Crippen LogP contribution in [0.1, 0.15) is 24.4 Å². The minimum Gasteiger partial charge on any atom is -0.486 e. The van der Waals surface area contributed by atoms with Crippen LogP contribution in [-0.2, 0) is 11.3 Å². The number of amides is 1. The maximum absolute atomic E-state index is 12.7. The van der Waals surface area contributed by atoms with Gasteiger partial charge in [0.05, 0.1) is 6.54 Å². The molecule has 29 heavy (non-hydrogen) atoms. The maximum Gasteiger partial charge on any atom is 0.331 e. The van der Waals surface area contributed by atoms with Crippen LogP contribution in [0.4, 0.5) is 0 Å². The van der Waals surface area contributed by atoms with Crippen molar-refractivity contribution in [2.75, 3.05) is 20.2 Å². The Morgan fingerprint density at radius 3 is 2.69 bits per heavy atom. The normalized spacial score (nSPS) is 17.4. The Morgan fingerprint density at radius 1 is 1.28 bits per heavy atom. The third kappa shape index (κ3) is 3.74. The molecule has 1 fully saturated rings. The summed E-state index contributed by atoms with van der Waals surface area (Å²) in [6.07, 6.45) is 2.55. The standard InChI is InChI=1S/C20H20N4O5/c1-22(10-15-12-28-16-4-2-3-5-17(16)29-15)18(25)11-24-19(26)13(8-21)9-23(20(24)27)14-6-7-14/h2-5,9,14-15H,6-7,10-12H2,1H3/t15-/m1/s1. The van der Waals surface area contributed by atoms with E-state index >= 15 is 0 Å². The number of likely N-dealkylation sites (N-methyl/N-ethyl adjacent to an activating group) is 1. The van der Waals surface area contributed by atoms with Crippen molar-refractivity contribution >= 4 is 5.91 Å². The van der Waals surface area contributed by atoms with Gasteiger partial charge in [0.15, 0.2) is 17.6 Å². The highest BCUT2D eigenvalue weighted by atomic mass is 16.6. The van der Waals surface area contributed by atoms with Crippen LogP contribution in [0.3, 0.4) is 0 Å². The van der Waals surface area contributed by atoms with Gasteiger partial charge in [-0.1, -0.05) is 12.1 Å². The van der Waals surface area contributed by atoms with Gasteiger partial charge in [0, 0.05) is 19.3 Å². The lowest BCUT2D eigenvalue weighted by Gasteiger charge is -2.29. The first-order chi connectivity index (χ1) is 14.0. The number of carbonyl (C=O) groups is 1. The Bertz CT molecular complexity index is 1110. The molecule has 1 atom stereocenters. The molecule has 0 unspecified atom stereocenters. The Labute approximate surface area is 166 Å². The second kappa shape index (κ2) is 7.47. The highest BCUT2D eigenvalue weighted by Crippen LogP contribution is 2.33. The van der Waals surface area contributed by atoms with Gasteiger partial charge < -0.3 is 14.4 Å². The summed E-state index contributed by atoms with van der Waals surface area (Å²) in [5.41, 5.74) is -1.46. The first-order valence-electron chi connectivity index (χ1n) is 9.36. The van der Waals surface area contributed by atoms with Crippen molar-refractivity contribution in [1.29, 1.82) is 5.26 Å². The molecule has 2 aliphatic rings. The molecule has 1 saturated carbocycles. The SMILES string of the molecule is CN(C[C@@H]1COc2ccccc2O1)C(=O)Cn1c(=O)c(C#N)cn(C2CC2)c1=O. The lowest BCUT2D eigenvalue weighted by atomic mass is 10.2. The molecule has 1 aromatic carbocycles. The van der Waals surface area contributed by atoms with Gasteiger partial charge in [-0.25, -0.2) is 9.36 Å². The molecule has 0 bridgehead atoms. The molecule has 2 heterocycles. The number of ether oxygens (including phenoxy) is 2. The molecule has 1 aliphatic carbocycles. The van der Waals surface area contributed by atoms with E-state index in [1.54, 1.807) is 19.2 Å². The van der Waals surface area contributed by atoms with Crippen molar-refractivity contribution in [3.63, 3.8) is 0 Å². The summed E-state index contributed by atoms with van der Waals surface area (Å²) in [6, 6.07) is 9.07. The van der Waals surface area contributed by atoms with Crippen LogP contribution >= 0.6 is 0 Å². The summed E-state index contributed by atoms with van der Waals surface area (Å²) in [7, 11) is 1.57. The first-order valence-corrected chi connectivity index (χ1v) is 9.36. The van der Waals surface area contributed by atoms with E-state index in [1.165, 1.54) is 15.7 Å². The lowest BCUT2D eigenvalue weighted by Crippen LogP contribution is -2.47. The van der Waals surface area contributed by atoms with Gasteiger partial charge in [-0.15, -0.1) is 0 Å². The van der Waals surface area contributed by atoms with E-state index in [0.29, 0.717) is 11.5 Å². The highest BCUT2D eigenvalue weighted by molar-refractivity contribution is 5.75. The van der Waals surface area contributed by atoms with Crippen LogP contribution in [0.25, 0.3) is 0 Å². The van der Waals surface area contributed by atoms with Crippen molar-refractivity contribution in [1.82, 2.24) is 14.0 Å². The molecule has 4 rings (SSSR count). The number of hydrogen-bond acceptors (Lipinski definition) is 6. The van der Waals surface area contributed by atoms with Gasteiger partial charge in [0.25, 0.3) is 5.56 Å². The number of carbonyl (C=O) groups excluding carboxylic acids is 1. The molecule has 150 valence electrons. The number of hydrogen-bond donors (Lipinski definition) is 0. The van der Waals surface area contributed by atoms with Crippen molar-refractivity contribution in [2.24, 2.45) is 0 Å². The number of rotatable bonds is 5. The van der Waals surface area contributed by atoms with Crippen molar-refractivity contribution < 1.29 is 14.3 Å². The second-order valence-electron chi connectivity index (χ2n) is 7.24. The summed E-state index contributed by atoms with van der Waals surface area (Å²) in [5, 5.41) is 9.20. The molecule has 0 radical (unpaired) electrons. The molecular weight excluding hydrogens is 376 g/mol. The Morgan fingerprint density at radius 2 is 2.00 bits per heavy atom. The van der Waals surface area contributed by atoms with Crippen LogP contribution in [0.2, 0.25) is 0 Å². The van der Waals surface area contributed by atoms with Crippen molar-refractivity contribution in [3.8, 4) is 17.6 Å². The zero-order valence-electron chi connectivity index (χ0n) is 15.9. The number of nitrogens with zero attached hydrogens (tertiary/aromatic N) is 4. The number of fused-ring (bicyclic) bond motifs is 1. The average molecular weight is 396 g/mol. The summed E-state index contributed by atoms with van der Waals surface area (Å²) < 4.78 is 13.7. The average Bonchev–Trinajstić information content (AvgIpc) is 3.56. The van der Waals surface area contributed by atoms with Crippen molar-refractivity contribution in [3.05, 3.63) is 56.9 Å². The third-order valence-corrected chi connectivity index (χ3v) is 5.02. The zero-order valence-corrected chi connectivity index (χ0v) is 15.9. The molecule has 2 aromatic rings. The van der Waals surface area contributed by atoms with E-state index in [9.17, 15) is 19.6 Å². The fourth-order valence-corrected chi connectivity index (χ4v) is 3.27. The van der Waals surface area contributed by atoms with E-state index in [4.69, 9.17) is 9.47 Å². The lowest BCUT2D eigenvalue weighted by molar-refractivity contribution is -0.132. The summed E-state index contributed by atoms with van der Waals surface area (Å²) in [5.74, 6) is 0.831. The number of aromatic nitrogens is 2. The van der Waals surface area contributed by atoms with Gasteiger partial charge in [-0.05, 0) is 25.0 Å². The minimum atomic E-state index is -0.748. The van der Waals surface area contributed by atoms with Crippen LogP contribution in [0, 0.1) is 11.3 Å². The van der Waals surface area contributed by atoms with E-state index in [1.807, 2.05) is 18.2 Å². The largest absolute Gasteiger partial charge is 0.486 e. The fraction of sp³-hybridized carbons (Fsp3) is 0.400. The van der Waals surface area contributed by atoms with Gasteiger partial charge in [-0.3, -0.25) is 14.2 Å². The Kier molecular flexibility index (Phi) is 4.84. The van der Waals surface area contributed by atoms with E-state index in [-0.39, 0.29) is 30.9 Å². The summed E-state index contributed by atoms with van der Waals surface area (Å²) in [4.78, 5) is 39.1. The molecule has 0 N–H and O–H groups in total. The number of benzene rings is 1. The molecule has 9 heteroatoms. The quantitative estimate of drug-likeness (QED) is 0.729. The van der Waals surface area contributed by atoms with Crippen molar-refractivity contribution in [2.45, 2.75) is 31.5 Å². The van der Waals surface area contributed by atoms with Gasteiger partial charge in [0.2, 0.25) is 5.91 Å². The Hall–Kier alpha value is -3.54. The van der Waals surface area contributed by atoms with Crippen LogP contribution in [0.5, 0.6) is 11.5 Å². The second-order valence-corrected chi connectivity index (χ2v) is 7.24. The molecule has 1 amide bonds. The van der Waals surface area contributed by atoms with Gasteiger partial charge in [0.1, 0.15) is 24.8 Å². The molecule has 1 aromatic heterocycles. The minimum absolute atomic E-state index is 0.0119. The molecule has 1 aliphatic heterocycles. The smallest absolute Gasteiger partial charge is 0.331 e. The summed E-state index contributed by atoms with van der Waals surface area (Å²) in [6.45, 7) is 0.0875. The van der Waals surface area contributed by atoms with Crippen LogP contribution < -0.4 is 20.7 Å². The number of para-hydroxylation sites is 2. The van der Waals surface area contributed by atoms with E-state index in [0.717, 1.165) is 17.4 Å². The van der Waals surface area contributed by atoms with E-state index in [2.05, 4.69) is 0 Å². The monoisotopic (exact) mass is 396 g/mol. The number of nitriles is 1. The molecule has 0 saturated heterocycles. The molecule has 0 spiro atoms. The molecular formula is C20H20N4O5. The van der Waals surface area contributed by atoms with Crippen LogP contribution in [-0.4, -0.2) is 46.2 Å². The molecule has 9 nitrogen and oxygen atoms in total. The zero-order chi connectivity index (χ0) is 20.5. The highest BCUT2D eigenvalue weighted by Gasteiger charge is 2.28. The Balaban J connectivity index is 1.48. The summed E-state index contributed by atoms with van der Waals surface area (Å²) >= 11 is 0. The fourth-order valence-electron chi connectivity index (χ4n) is 3.27. The predicted octanol–water partition coefficient (Wildman–Crippen LogP) is 0.515. The maximum atomic E-state index is 12.7. The topological polar surface area (TPSA) is 107 Å².